The van der Waals surface area contributed by atoms with E-state index in [1.165, 1.54) is 25.7 Å². The molecule has 100 valence electrons. The molecule has 2 unspecified atom stereocenters. The topological polar surface area (TPSA) is 41.1 Å². The average molecular weight is 240 g/mol. The summed E-state index contributed by atoms with van der Waals surface area (Å²) in [5.41, 5.74) is -0.322. The van der Waals surface area contributed by atoms with E-state index in [4.69, 9.17) is 0 Å². The Hall–Kier alpha value is -0.570. The van der Waals surface area contributed by atoms with Gasteiger partial charge in [0, 0.05) is 6.04 Å². The second-order valence-electron chi connectivity index (χ2n) is 5.59. The number of carbonyl (C=O) groups excluding carboxylic acids is 1. The van der Waals surface area contributed by atoms with Gasteiger partial charge in [0.15, 0.2) is 0 Å². The number of rotatable bonds is 7. The molecule has 0 aromatic heterocycles. The zero-order chi connectivity index (χ0) is 12.7. The Morgan fingerprint density at radius 1 is 1.41 bits per heavy atom. The lowest BCUT2D eigenvalue weighted by atomic mass is 9.98. The van der Waals surface area contributed by atoms with Crippen molar-refractivity contribution in [2.45, 2.75) is 77.3 Å². The van der Waals surface area contributed by atoms with Crippen LogP contribution in [0.25, 0.3) is 0 Å². The first-order valence-electron chi connectivity index (χ1n) is 7.14. The Labute approximate surface area is 106 Å². The Morgan fingerprint density at radius 2 is 2.18 bits per heavy atom. The minimum Gasteiger partial charge on any atom is -0.352 e. The Balaban J connectivity index is 2.21. The molecule has 0 aromatic rings. The van der Waals surface area contributed by atoms with Crippen molar-refractivity contribution >= 4 is 5.91 Å². The standard InChI is InChI=1S/C14H28N2O/c1-4-5-6-7-9-12(2)16-13(17)14(3)10-8-11-15-14/h12,15H,4-11H2,1-3H3,(H,16,17). The molecule has 1 fully saturated rings. The number of hydrogen-bond donors (Lipinski definition) is 2. The first kappa shape index (κ1) is 14.5. The number of nitrogens with one attached hydrogen (secondary N) is 2. The van der Waals surface area contributed by atoms with Gasteiger partial charge < -0.3 is 10.6 Å². The second kappa shape index (κ2) is 7.00. The van der Waals surface area contributed by atoms with Gasteiger partial charge in [-0.2, -0.15) is 0 Å². The largest absolute Gasteiger partial charge is 0.352 e. The summed E-state index contributed by atoms with van der Waals surface area (Å²) < 4.78 is 0. The molecule has 1 rings (SSSR count). The van der Waals surface area contributed by atoms with E-state index in [1.807, 2.05) is 6.92 Å². The van der Waals surface area contributed by atoms with Crippen LogP contribution in [0.5, 0.6) is 0 Å². The van der Waals surface area contributed by atoms with Crippen LogP contribution in [0.15, 0.2) is 0 Å². The molecular formula is C14H28N2O. The smallest absolute Gasteiger partial charge is 0.240 e. The summed E-state index contributed by atoms with van der Waals surface area (Å²) in [6, 6.07) is 0.304. The van der Waals surface area contributed by atoms with Crippen molar-refractivity contribution in [3.63, 3.8) is 0 Å². The molecule has 3 nitrogen and oxygen atoms in total. The van der Waals surface area contributed by atoms with Crippen molar-refractivity contribution < 1.29 is 4.79 Å². The number of carbonyl (C=O) groups is 1. The zero-order valence-corrected chi connectivity index (χ0v) is 11.6. The summed E-state index contributed by atoms with van der Waals surface area (Å²) in [4.78, 5) is 12.1. The molecule has 1 amide bonds. The predicted octanol–water partition coefficient (Wildman–Crippen LogP) is 2.60. The van der Waals surface area contributed by atoms with Gasteiger partial charge in [-0.25, -0.2) is 0 Å². The molecule has 0 bridgehead atoms. The highest BCUT2D eigenvalue weighted by Gasteiger charge is 2.36. The number of amides is 1. The monoisotopic (exact) mass is 240 g/mol. The molecule has 0 radical (unpaired) electrons. The summed E-state index contributed by atoms with van der Waals surface area (Å²) >= 11 is 0. The molecule has 0 aromatic carbocycles. The van der Waals surface area contributed by atoms with Crippen molar-refractivity contribution in [2.75, 3.05) is 6.54 Å². The van der Waals surface area contributed by atoms with Crippen LogP contribution < -0.4 is 10.6 Å². The molecule has 17 heavy (non-hydrogen) atoms. The Morgan fingerprint density at radius 3 is 2.76 bits per heavy atom. The van der Waals surface area contributed by atoms with Crippen molar-refractivity contribution in [1.82, 2.24) is 10.6 Å². The maximum Gasteiger partial charge on any atom is 0.240 e. The lowest BCUT2D eigenvalue weighted by molar-refractivity contribution is -0.127. The number of unbranched alkanes of at least 4 members (excludes halogenated alkanes) is 3. The van der Waals surface area contributed by atoms with Gasteiger partial charge in [-0.05, 0) is 39.7 Å². The molecule has 0 spiro atoms. The van der Waals surface area contributed by atoms with Crippen LogP contribution >= 0.6 is 0 Å². The highest BCUT2D eigenvalue weighted by molar-refractivity contribution is 5.86. The van der Waals surface area contributed by atoms with Crippen molar-refractivity contribution in [2.24, 2.45) is 0 Å². The highest BCUT2D eigenvalue weighted by Crippen LogP contribution is 2.19. The summed E-state index contributed by atoms with van der Waals surface area (Å²) in [6.07, 6.45) is 8.24. The van der Waals surface area contributed by atoms with E-state index in [9.17, 15) is 4.79 Å². The maximum absolute atomic E-state index is 12.1. The van der Waals surface area contributed by atoms with Crippen LogP contribution in [0.3, 0.4) is 0 Å². The van der Waals surface area contributed by atoms with Crippen LogP contribution in [-0.2, 0) is 4.79 Å². The van der Waals surface area contributed by atoms with E-state index in [2.05, 4.69) is 24.5 Å². The molecule has 0 aliphatic carbocycles. The maximum atomic E-state index is 12.1. The first-order valence-corrected chi connectivity index (χ1v) is 7.14. The van der Waals surface area contributed by atoms with E-state index in [0.717, 1.165) is 25.8 Å². The lowest BCUT2D eigenvalue weighted by Crippen LogP contribution is -2.53. The first-order chi connectivity index (χ1) is 8.08. The van der Waals surface area contributed by atoms with Crippen LogP contribution in [-0.4, -0.2) is 24.0 Å². The Kier molecular flexibility index (Phi) is 5.96. The molecule has 3 heteroatoms. The third-order valence-electron chi connectivity index (χ3n) is 3.74. The lowest BCUT2D eigenvalue weighted by Gasteiger charge is -2.25. The van der Waals surface area contributed by atoms with E-state index >= 15 is 0 Å². The summed E-state index contributed by atoms with van der Waals surface area (Å²) in [6.45, 7) is 7.31. The molecule has 1 aliphatic rings. The Bertz CT molecular complexity index is 234. The minimum atomic E-state index is -0.322. The fourth-order valence-corrected chi connectivity index (χ4v) is 2.42. The SMILES string of the molecule is CCCCCCC(C)NC(=O)C1(C)CCCN1. The summed E-state index contributed by atoms with van der Waals surface area (Å²) in [5, 5.41) is 6.44. The molecule has 0 saturated carbocycles. The highest BCUT2D eigenvalue weighted by atomic mass is 16.2. The van der Waals surface area contributed by atoms with Gasteiger partial charge in [-0.3, -0.25) is 4.79 Å². The number of hydrogen-bond acceptors (Lipinski definition) is 2. The van der Waals surface area contributed by atoms with E-state index < -0.39 is 0 Å². The van der Waals surface area contributed by atoms with Crippen LogP contribution in [0, 0.1) is 0 Å². The van der Waals surface area contributed by atoms with Gasteiger partial charge in [0.2, 0.25) is 5.91 Å². The molecule has 1 saturated heterocycles. The fraction of sp³-hybridized carbons (Fsp3) is 0.929. The van der Waals surface area contributed by atoms with Crippen molar-refractivity contribution in [3.8, 4) is 0 Å². The van der Waals surface area contributed by atoms with Gasteiger partial charge in [0.1, 0.15) is 0 Å². The minimum absolute atomic E-state index is 0.179. The fourth-order valence-electron chi connectivity index (χ4n) is 2.42. The van der Waals surface area contributed by atoms with Gasteiger partial charge in [0.25, 0.3) is 0 Å². The summed E-state index contributed by atoms with van der Waals surface area (Å²) in [5.74, 6) is 0.179. The molecule has 1 heterocycles. The van der Waals surface area contributed by atoms with Gasteiger partial charge in [-0.15, -0.1) is 0 Å². The van der Waals surface area contributed by atoms with Crippen molar-refractivity contribution in [3.05, 3.63) is 0 Å². The molecule has 2 atom stereocenters. The molecule has 2 N–H and O–H groups in total. The predicted molar refractivity (Wildman–Crippen MR) is 72.0 cm³/mol. The molecule has 1 aliphatic heterocycles. The van der Waals surface area contributed by atoms with Crippen LogP contribution in [0.2, 0.25) is 0 Å². The van der Waals surface area contributed by atoms with Gasteiger partial charge in [-0.1, -0.05) is 32.6 Å². The van der Waals surface area contributed by atoms with Crippen LogP contribution in [0.1, 0.15) is 65.7 Å². The van der Waals surface area contributed by atoms with E-state index in [0.29, 0.717) is 6.04 Å². The quantitative estimate of drug-likeness (QED) is 0.672. The van der Waals surface area contributed by atoms with Gasteiger partial charge in [0.05, 0.1) is 5.54 Å². The van der Waals surface area contributed by atoms with Crippen LogP contribution in [0.4, 0.5) is 0 Å². The molecular weight excluding hydrogens is 212 g/mol. The third kappa shape index (κ3) is 4.66. The van der Waals surface area contributed by atoms with Crippen molar-refractivity contribution in [1.29, 1.82) is 0 Å². The van der Waals surface area contributed by atoms with E-state index in [-0.39, 0.29) is 11.4 Å². The second-order valence-corrected chi connectivity index (χ2v) is 5.59. The summed E-state index contributed by atoms with van der Waals surface area (Å²) in [7, 11) is 0. The zero-order valence-electron chi connectivity index (χ0n) is 11.6. The average Bonchev–Trinajstić information content (AvgIpc) is 2.73. The normalized spacial score (nSPS) is 25.8. The third-order valence-corrected chi connectivity index (χ3v) is 3.74. The van der Waals surface area contributed by atoms with E-state index in [1.54, 1.807) is 0 Å². The van der Waals surface area contributed by atoms with Gasteiger partial charge >= 0.3 is 0 Å².